The Balaban J connectivity index is 1.55. The number of hydrogen-bond acceptors (Lipinski definition) is 5. The number of carbonyl (C=O) groups excluding carboxylic acids is 3. The van der Waals surface area contributed by atoms with Gasteiger partial charge in [0.25, 0.3) is 5.91 Å². The van der Waals surface area contributed by atoms with Crippen LogP contribution in [0.4, 0.5) is 5.69 Å². The van der Waals surface area contributed by atoms with E-state index in [2.05, 4.69) is 17.4 Å². The molecule has 0 aromatic heterocycles. The summed E-state index contributed by atoms with van der Waals surface area (Å²) in [5.74, 6) is -0.922. The largest absolute Gasteiger partial charge is 0.462 e. The number of nitrogens with zero attached hydrogens (tertiary/aromatic N) is 1. The number of amides is 2. The average Bonchev–Trinajstić information content (AvgIpc) is 2.99. The van der Waals surface area contributed by atoms with Gasteiger partial charge in [0.05, 0.1) is 30.3 Å². The van der Waals surface area contributed by atoms with Crippen molar-refractivity contribution < 1.29 is 19.1 Å². The lowest BCUT2D eigenvalue weighted by molar-refractivity contribution is -0.121. The van der Waals surface area contributed by atoms with E-state index in [4.69, 9.17) is 4.74 Å². The summed E-state index contributed by atoms with van der Waals surface area (Å²) < 4.78 is 4.94. The van der Waals surface area contributed by atoms with Crippen LogP contribution in [0.25, 0.3) is 0 Å². The normalized spacial score (nSPS) is 16.5. The molecule has 0 aliphatic carbocycles. The van der Waals surface area contributed by atoms with E-state index in [0.29, 0.717) is 24.4 Å². The van der Waals surface area contributed by atoms with E-state index >= 15 is 0 Å². The maximum absolute atomic E-state index is 12.7. The van der Waals surface area contributed by atoms with Crippen molar-refractivity contribution in [3.63, 3.8) is 0 Å². The molecule has 1 N–H and O–H groups in total. The first-order chi connectivity index (χ1) is 13.6. The van der Waals surface area contributed by atoms with Crippen LogP contribution < -0.4 is 10.2 Å². The third kappa shape index (κ3) is 4.64. The van der Waals surface area contributed by atoms with Gasteiger partial charge < -0.3 is 10.1 Å². The molecule has 1 saturated heterocycles. The molecular weight excluding hydrogens is 356 g/mol. The fourth-order valence-electron chi connectivity index (χ4n) is 3.24. The van der Waals surface area contributed by atoms with Crippen LogP contribution in [0, 0.1) is 0 Å². The van der Waals surface area contributed by atoms with Crippen LogP contribution in [0.5, 0.6) is 0 Å². The predicted octanol–water partition coefficient (Wildman–Crippen LogP) is 2.72. The van der Waals surface area contributed by atoms with Gasteiger partial charge in [-0.2, -0.15) is 0 Å². The van der Waals surface area contributed by atoms with Crippen molar-refractivity contribution in [2.24, 2.45) is 0 Å². The molecule has 1 heterocycles. The minimum absolute atomic E-state index is 0.143. The zero-order valence-corrected chi connectivity index (χ0v) is 15.9. The standard InChI is InChI=1S/C22H24N2O4/c1-2-28-22(27)17-10-12-18(13-11-17)24-20(25)15-19(21(24)26)23-14-6-9-16-7-4-3-5-8-16/h3-5,7-8,10-13,19,23H,2,6,9,14-15H2,1H3. The molecule has 0 saturated carbocycles. The number of anilines is 1. The van der Waals surface area contributed by atoms with Gasteiger partial charge in [-0.3, -0.25) is 9.59 Å². The molecule has 0 spiro atoms. The molecule has 0 bridgehead atoms. The lowest BCUT2D eigenvalue weighted by atomic mass is 10.1. The van der Waals surface area contributed by atoms with Crippen molar-refractivity contribution in [3.05, 3.63) is 65.7 Å². The topological polar surface area (TPSA) is 75.7 Å². The summed E-state index contributed by atoms with van der Waals surface area (Å²) in [5, 5.41) is 3.19. The molecule has 1 aliphatic heterocycles. The van der Waals surface area contributed by atoms with E-state index < -0.39 is 12.0 Å². The van der Waals surface area contributed by atoms with Crippen LogP contribution in [0.15, 0.2) is 54.6 Å². The highest BCUT2D eigenvalue weighted by molar-refractivity contribution is 6.22. The molecule has 1 aliphatic rings. The van der Waals surface area contributed by atoms with Gasteiger partial charge in [0, 0.05) is 0 Å². The number of nitrogens with one attached hydrogen (secondary N) is 1. The smallest absolute Gasteiger partial charge is 0.338 e. The molecule has 146 valence electrons. The maximum Gasteiger partial charge on any atom is 0.338 e. The number of carbonyl (C=O) groups is 3. The molecule has 1 fully saturated rings. The third-order valence-corrected chi connectivity index (χ3v) is 4.66. The van der Waals surface area contributed by atoms with Crippen molar-refractivity contribution >= 4 is 23.5 Å². The minimum Gasteiger partial charge on any atom is -0.462 e. The number of esters is 1. The Labute approximate surface area is 164 Å². The Bertz CT molecular complexity index is 833. The van der Waals surface area contributed by atoms with Crippen molar-refractivity contribution in [2.75, 3.05) is 18.1 Å². The van der Waals surface area contributed by atoms with E-state index in [1.807, 2.05) is 18.2 Å². The Morgan fingerprint density at radius 3 is 2.50 bits per heavy atom. The highest BCUT2D eigenvalue weighted by Crippen LogP contribution is 2.23. The molecule has 1 unspecified atom stereocenters. The maximum atomic E-state index is 12.7. The molecular formula is C22H24N2O4. The molecule has 2 aromatic rings. The second kappa shape index (κ2) is 9.28. The number of benzene rings is 2. The van der Waals surface area contributed by atoms with E-state index in [-0.39, 0.29) is 18.2 Å². The van der Waals surface area contributed by atoms with E-state index in [9.17, 15) is 14.4 Å². The Hall–Kier alpha value is -2.99. The van der Waals surface area contributed by atoms with Crippen LogP contribution in [0.2, 0.25) is 0 Å². The lowest BCUT2D eigenvalue weighted by Gasteiger charge is -2.16. The summed E-state index contributed by atoms with van der Waals surface area (Å²) >= 11 is 0. The van der Waals surface area contributed by atoms with Crippen LogP contribution >= 0.6 is 0 Å². The van der Waals surface area contributed by atoms with Crippen molar-refractivity contribution in [2.45, 2.75) is 32.2 Å². The highest BCUT2D eigenvalue weighted by atomic mass is 16.5. The fourth-order valence-corrected chi connectivity index (χ4v) is 3.24. The SMILES string of the molecule is CCOC(=O)c1ccc(N2C(=O)CC(NCCCc3ccccc3)C2=O)cc1. The summed E-state index contributed by atoms with van der Waals surface area (Å²) in [6.45, 7) is 2.69. The molecule has 0 radical (unpaired) electrons. The summed E-state index contributed by atoms with van der Waals surface area (Å²) in [6, 6.07) is 16.0. The number of hydrogen-bond donors (Lipinski definition) is 1. The van der Waals surface area contributed by atoms with Gasteiger partial charge in [-0.1, -0.05) is 30.3 Å². The summed E-state index contributed by atoms with van der Waals surface area (Å²) in [5.41, 5.74) is 2.11. The molecule has 6 nitrogen and oxygen atoms in total. The molecule has 3 rings (SSSR count). The zero-order chi connectivity index (χ0) is 19.9. The zero-order valence-electron chi connectivity index (χ0n) is 15.9. The second-order valence-electron chi connectivity index (χ2n) is 6.63. The molecule has 6 heteroatoms. The van der Waals surface area contributed by atoms with E-state index in [1.54, 1.807) is 31.2 Å². The van der Waals surface area contributed by atoms with E-state index in [0.717, 1.165) is 12.8 Å². The number of ether oxygens (including phenoxy) is 1. The highest BCUT2D eigenvalue weighted by Gasteiger charge is 2.39. The van der Waals surface area contributed by atoms with Gasteiger partial charge in [-0.05, 0) is 56.1 Å². The van der Waals surface area contributed by atoms with Crippen molar-refractivity contribution in [1.82, 2.24) is 5.32 Å². The quantitative estimate of drug-likeness (QED) is 0.433. The minimum atomic E-state index is -0.506. The third-order valence-electron chi connectivity index (χ3n) is 4.66. The Morgan fingerprint density at radius 2 is 1.82 bits per heavy atom. The van der Waals surface area contributed by atoms with Gasteiger partial charge >= 0.3 is 5.97 Å². The number of rotatable bonds is 8. The van der Waals surface area contributed by atoms with Crippen LogP contribution in [0.1, 0.15) is 35.7 Å². The Morgan fingerprint density at radius 1 is 1.11 bits per heavy atom. The Kier molecular flexibility index (Phi) is 6.55. The second-order valence-corrected chi connectivity index (χ2v) is 6.63. The first-order valence-electron chi connectivity index (χ1n) is 9.51. The van der Waals surface area contributed by atoms with Crippen LogP contribution in [-0.2, 0) is 20.7 Å². The predicted molar refractivity (Wildman–Crippen MR) is 106 cm³/mol. The van der Waals surface area contributed by atoms with Crippen LogP contribution in [-0.4, -0.2) is 37.0 Å². The van der Waals surface area contributed by atoms with Gasteiger partial charge in [0.2, 0.25) is 5.91 Å². The molecule has 2 amide bonds. The van der Waals surface area contributed by atoms with Crippen LogP contribution in [0.3, 0.4) is 0 Å². The average molecular weight is 380 g/mol. The van der Waals surface area contributed by atoms with Crippen molar-refractivity contribution in [3.8, 4) is 0 Å². The van der Waals surface area contributed by atoms with Gasteiger partial charge in [0.1, 0.15) is 0 Å². The number of aryl methyl sites for hydroxylation is 1. The van der Waals surface area contributed by atoms with Gasteiger partial charge in [-0.15, -0.1) is 0 Å². The number of imide groups is 1. The summed E-state index contributed by atoms with van der Waals surface area (Å²) in [7, 11) is 0. The van der Waals surface area contributed by atoms with Gasteiger partial charge in [-0.25, -0.2) is 9.69 Å². The monoisotopic (exact) mass is 380 g/mol. The first-order valence-corrected chi connectivity index (χ1v) is 9.51. The van der Waals surface area contributed by atoms with E-state index in [1.165, 1.54) is 10.5 Å². The molecule has 28 heavy (non-hydrogen) atoms. The molecule has 2 aromatic carbocycles. The van der Waals surface area contributed by atoms with Crippen molar-refractivity contribution in [1.29, 1.82) is 0 Å². The lowest BCUT2D eigenvalue weighted by Crippen LogP contribution is -2.39. The van der Waals surface area contributed by atoms with Gasteiger partial charge in [0.15, 0.2) is 0 Å². The summed E-state index contributed by atoms with van der Waals surface area (Å²) in [4.78, 5) is 37.9. The molecule has 1 atom stereocenters. The summed E-state index contributed by atoms with van der Waals surface area (Å²) in [6.07, 6.45) is 1.95. The first kappa shape index (κ1) is 19.8. The fraction of sp³-hybridized carbons (Fsp3) is 0.318.